The van der Waals surface area contributed by atoms with E-state index in [4.69, 9.17) is 28.4 Å². The summed E-state index contributed by atoms with van der Waals surface area (Å²) in [5, 5.41) is 120. The van der Waals surface area contributed by atoms with Gasteiger partial charge in [-0.15, -0.1) is 0 Å². The van der Waals surface area contributed by atoms with E-state index in [0.717, 1.165) is 44.9 Å². The molecule has 12 N–H and O–H groups in total. The van der Waals surface area contributed by atoms with E-state index in [1.54, 1.807) is 6.08 Å². The third kappa shape index (κ3) is 38.4. The molecule has 0 saturated carbocycles. The van der Waals surface area contributed by atoms with Gasteiger partial charge in [0.2, 0.25) is 5.91 Å². The second-order valence-corrected chi connectivity index (χ2v) is 27.5. The Hall–Kier alpha value is -2.25. The first kappa shape index (κ1) is 87.0. The van der Waals surface area contributed by atoms with E-state index in [9.17, 15) is 61.0 Å². The van der Waals surface area contributed by atoms with E-state index in [1.807, 2.05) is 6.08 Å². The molecule has 1 amide bonds. The summed E-state index contributed by atoms with van der Waals surface area (Å²) in [4.78, 5) is 13.4. The lowest BCUT2D eigenvalue weighted by Crippen LogP contribution is -2.66. The monoisotopic (exact) mass is 1350 g/mol. The number of rotatable bonds is 60. The lowest BCUT2D eigenvalue weighted by Gasteiger charge is -2.48. The lowest BCUT2D eigenvalue weighted by atomic mass is 9.96. The Labute approximate surface area is 573 Å². The normalized spacial score (nSPS) is 27.4. The zero-order chi connectivity index (χ0) is 68.9. The molecule has 19 heteroatoms. The topological polar surface area (TPSA) is 307 Å². The van der Waals surface area contributed by atoms with Crippen molar-refractivity contribution in [3.8, 4) is 0 Å². The van der Waals surface area contributed by atoms with Crippen molar-refractivity contribution in [1.82, 2.24) is 5.32 Å². The van der Waals surface area contributed by atoms with E-state index in [-0.39, 0.29) is 18.9 Å². The first-order valence-electron chi connectivity index (χ1n) is 38.4. The summed E-state index contributed by atoms with van der Waals surface area (Å²) in [7, 11) is 0. The minimum absolute atomic E-state index is 0.238. The van der Waals surface area contributed by atoms with E-state index in [2.05, 4.69) is 55.6 Å². The van der Waals surface area contributed by atoms with Gasteiger partial charge in [-0.2, -0.15) is 0 Å². The van der Waals surface area contributed by atoms with Gasteiger partial charge in [0.05, 0.1) is 38.6 Å². The SMILES string of the molecule is CCCCCCC/C=C\C/C=C\CCCCCCCCCCCCCCCCCCCCCCCCCCCCCC(=O)NC(COC1OC(CO)C(OC2OC(CO)C(OC3OC(CO)C(O)C(O)C3O)C(O)C2O)C(O)C1O)C(O)/C=C/CC/C=C/CCCCCCC. The second kappa shape index (κ2) is 57.4. The van der Waals surface area contributed by atoms with Crippen LogP contribution in [0.4, 0.5) is 0 Å². The number of hydrogen-bond acceptors (Lipinski definition) is 18. The highest BCUT2D eigenvalue weighted by Gasteiger charge is 2.53. The van der Waals surface area contributed by atoms with Crippen LogP contribution < -0.4 is 5.32 Å². The van der Waals surface area contributed by atoms with Gasteiger partial charge in [0.25, 0.3) is 0 Å². The number of carbonyl (C=O) groups is 1. The number of ether oxygens (including phenoxy) is 6. The number of aliphatic hydroxyl groups is 11. The van der Waals surface area contributed by atoms with Crippen LogP contribution in [-0.4, -0.2) is 193 Å². The van der Waals surface area contributed by atoms with Gasteiger partial charge in [0.1, 0.15) is 73.2 Å². The Bertz CT molecular complexity index is 1910. The Morgan fingerprint density at radius 1 is 0.379 bits per heavy atom. The zero-order valence-electron chi connectivity index (χ0n) is 59.2. The molecule has 3 saturated heterocycles. The Morgan fingerprint density at radius 3 is 1.12 bits per heavy atom. The predicted molar refractivity (Wildman–Crippen MR) is 374 cm³/mol. The smallest absolute Gasteiger partial charge is 0.220 e. The number of carbonyl (C=O) groups excluding carboxylic acids is 1. The van der Waals surface area contributed by atoms with Gasteiger partial charge in [-0.25, -0.2) is 0 Å². The molecular formula is C76H139NO18. The average Bonchev–Trinajstić information content (AvgIpc) is 0.787. The summed E-state index contributed by atoms with van der Waals surface area (Å²) in [6.45, 7) is 1.68. The fourth-order valence-electron chi connectivity index (χ4n) is 12.9. The molecule has 0 aromatic rings. The van der Waals surface area contributed by atoms with Crippen LogP contribution in [0.25, 0.3) is 0 Å². The number of aliphatic hydroxyl groups excluding tert-OH is 11. The maximum Gasteiger partial charge on any atom is 0.220 e. The molecule has 19 nitrogen and oxygen atoms in total. The van der Waals surface area contributed by atoms with Crippen molar-refractivity contribution in [2.45, 2.75) is 401 Å². The zero-order valence-corrected chi connectivity index (χ0v) is 59.2. The minimum Gasteiger partial charge on any atom is -0.394 e. The van der Waals surface area contributed by atoms with Crippen molar-refractivity contribution in [3.63, 3.8) is 0 Å². The van der Waals surface area contributed by atoms with Crippen LogP contribution >= 0.6 is 0 Å². The van der Waals surface area contributed by atoms with Crippen LogP contribution in [0.5, 0.6) is 0 Å². The second-order valence-electron chi connectivity index (χ2n) is 27.5. The van der Waals surface area contributed by atoms with E-state index in [0.29, 0.717) is 12.8 Å². The molecule has 17 unspecified atom stereocenters. The molecule has 17 atom stereocenters. The third-order valence-corrected chi connectivity index (χ3v) is 19.1. The van der Waals surface area contributed by atoms with E-state index >= 15 is 0 Å². The fourth-order valence-corrected chi connectivity index (χ4v) is 12.9. The number of hydrogen-bond donors (Lipinski definition) is 12. The molecule has 556 valence electrons. The number of amides is 1. The Kier molecular flexibility index (Phi) is 52.5. The summed E-state index contributed by atoms with van der Waals surface area (Å²) < 4.78 is 34.3. The summed E-state index contributed by atoms with van der Waals surface area (Å²) in [6.07, 6.45) is 44.4. The van der Waals surface area contributed by atoms with Crippen molar-refractivity contribution in [2.24, 2.45) is 0 Å². The molecule has 0 radical (unpaired) electrons. The van der Waals surface area contributed by atoms with Gasteiger partial charge in [0, 0.05) is 6.42 Å². The quantitative estimate of drug-likeness (QED) is 0.0199. The van der Waals surface area contributed by atoms with Gasteiger partial charge >= 0.3 is 0 Å². The molecule has 0 bridgehead atoms. The van der Waals surface area contributed by atoms with Crippen LogP contribution in [-0.2, 0) is 33.2 Å². The molecule has 0 aromatic carbocycles. The number of unbranched alkanes of at least 4 members (excludes halogenated alkanes) is 38. The van der Waals surface area contributed by atoms with Gasteiger partial charge in [-0.1, -0.05) is 274 Å². The Balaban J connectivity index is 1.27. The predicted octanol–water partition coefficient (Wildman–Crippen LogP) is 11.7. The molecule has 3 rings (SSSR count). The van der Waals surface area contributed by atoms with Crippen molar-refractivity contribution >= 4 is 5.91 Å². The lowest BCUT2D eigenvalue weighted by molar-refractivity contribution is -0.379. The molecule has 3 heterocycles. The van der Waals surface area contributed by atoms with Crippen molar-refractivity contribution in [3.05, 3.63) is 48.6 Å². The molecular weight excluding hydrogens is 1210 g/mol. The maximum atomic E-state index is 13.4. The Morgan fingerprint density at radius 2 is 0.705 bits per heavy atom. The first-order chi connectivity index (χ1) is 46.3. The largest absolute Gasteiger partial charge is 0.394 e. The molecule has 95 heavy (non-hydrogen) atoms. The highest BCUT2D eigenvalue weighted by Crippen LogP contribution is 2.33. The highest BCUT2D eigenvalue weighted by molar-refractivity contribution is 5.76. The van der Waals surface area contributed by atoms with Gasteiger partial charge < -0.3 is 89.9 Å². The highest BCUT2D eigenvalue weighted by atomic mass is 16.8. The summed E-state index contributed by atoms with van der Waals surface area (Å²) in [6, 6.07) is -0.987. The molecule has 0 spiro atoms. The van der Waals surface area contributed by atoms with Crippen LogP contribution in [0.2, 0.25) is 0 Å². The summed E-state index contributed by atoms with van der Waals surface area (Å²) in [5.74, 6) is -0.283. The first-order valence-corrected chi connectivity index (χ1v) is 38.4. The maximum absolute atomic E-state index is 13.4. The van der Waals surface area contributed by atoms with Crippen molar-refractivity contribution in [2.75, 3.05) is 26.4 Å². The molecule has 3 fully saturated rings. The van der Waals surface area contributed by atoms with Crippen LogP contribution in [0.15, 0.2) is 48.6 Å². The molecule has 0 aromatic heterocycles. The van der Waals surface area contributed by atoms with Crippen molar-refractivity contribution in [1.29, 1.82) is 0 Å². The number of allylic oxidation sites excluding steroid dienone is 7. The summed E-state index contributed by atoms with van der Waals surface area (Å²) >= 11 is 0. The van der Waals surface area contributed by atoms with Gasteiger partial charge in [-0.3, -0.25) is 4.79 Å². The number of nitrogens with one attached hydrogen (secondary N) is 1. The van der Waals surface area contributed by atoms with E-state index in [1.165, 1.54) is 218 Å². The fraction of sp³-hybridized carbons (Fsp3) is 0.882. The van der Waals surface area contributed by atoms with Crippen LogP contribution in [0.1, 0.15) is 296 Å². The molecule has 0 aliphatic carbocycles. The van der Waals surface area contributed by atoms with Gasteiger partial charge in [-0.05, 0) is 64.2 Å². The standard InChI is InChI=1S/C76H139NO18/c1-3-5-7-9-11-13-15-16-17-18-19-20-21-22-23-24-25-26-27-28-29-30-31-32-33-34-35-36-37-38-39-40-41-42-44-46-48-50-52-54-64(82)77-59(60(81)53-51-49-47-45-43-14-12-10-8-6-4-2)58-90-74-70(88)67(85)72(62(56-79)92-74)95-76-71(89)68(86)73(63(57-80)93-76)94-75-69(87)66(84)65(83)61(55-78)91-75/h15-16,18-19,43,45,51,53,59-63,65-76,78-81,83-89H,3-14,17,20-42,44,46-50,52,54-58H2,1-2H3,(H,77,82)/b16-15-,19-18-,45-43+,53-51+. The molecule has 3 aliphatic rings. The molecule has 3 aliphatic heterocycles. The van der Waals surface area contributed by atoms with Crippen LogP contribution in [0.3, 0.4) is 0 Å². The third-order valence-electron chi connectivity index (χ3n) is 19.1. The average molecular weight is 1350 g/mol. The van der Waals surface area contributed by atoms with Gasteiger partial charge in [0.15, 0.2) is 18.9 Å². The summed E-state index contributed by atoms with van der Waals surface area (Å²) in [5.41, 5.74) is 0. The van der Waals surface area contributed by atoms with Crippen molar-refractivity contribution < 1.29 is 89.4 Å². The van der Waals surface area contributed by atoms with Crippen LogP contribution in [0, 0.1) is 0 Å². The van der Waals surface area contributed by atoms with E-state index < -0.39 is 124 Å². The minimum atomic E-state index is -1.98.